The molecule has 5 nitrogen and oxygen atoms in total. The van der Waals surface area contributed by atoms with E-state index in [1.54, 1.807) is 17.4 Å². The molecule has 130 valence electrons. The average Bonchev–Trinajstić information content (AvgIpc) is 3.13. The van der Waals surface area contributed by atoms with Crippen molar-refractivity contribution in [3.63, 3.8) is 0 Å². The van der Waals surface area contributed by atoms with Gasteiger partial charge in [0.15, 0.2) is 5.70 Å². The average molecular weight is 356 g/mol. The highest BCUT2D eigenvalue weighted by atomic mass is 32.1. The van der Waals surface area contributed by atoms with E-state index in [-0.39, 0.29) is 5.41 Å². The summed E-state index contributed by atoms with van der Waals surface area (Å²) in [6.45, 7) is 8.28. The Balaban J connectivity index is 1.68. The maximum Gasteiger partial charge on any atom is 0.363 e. The van der Waals surface area contributed by atoms with Gasteiger partial charge in [-0.2, -0.15) is 0 Å². The van der Waals surface area contributed by atoms with Gasteiger partial charge >= 0.3 is 5.97 Å². The number of esters is 1. The molecule has 0 spiro atoms. The van der Waals surface area contributed by atoms with Crippen LogP contribution in [0.3, 0.4) is 0 Å². The van der Waals surface area contributed by atoms with Crippen LogP contribution < -0.4 is 4.74 Å². The van der Waals surface area contributed by atoms with Gasteiger partial charge in [-0.05, 0) is 30.7 Å². The van der Waals surface area contributed by atoms with Gasteiger partial charge in [-0.25, -0.2) is 14.8 Å². The Labute approximate surface area is 151 Å². The van der Waals surface area contributed by atoms with Crippen LogP contribution in [0.15, 0.2) is 40.3 Å². The molecule has 2 heterocycles. The van der Waals surface area contributed by atoms with Crippen molar-refractivity contribution >= 4 is 29.3 Å². The first-order valence-corrected chi connectivity index (χ1v) is 8.86. The molecular weight excluding hydrogens is 336 g/mol. The van der Waals surface area contributed by atoms with Crippen LogP contribution in [0.1, 0.15) is 37.0 Å². The molecule has 1 aliphatic rings. The van der Waals surface area contributed by atoms with E-state index in [0.29, 0.717) is 18.2 Å². The monoisotopic (exact) mass is 356 g/mol. The standard InChI is InChI=1S/C19H20N2O3S/c1-12-20-14(11-25-12)10-23-15-7-5-13(6-8-15)9-16-17(22)24-18(21-16)19(2,3)4/h5-9,11H,10H2,1-4H3/b16-9-. The number of benzene rings is 1. The summed E-state index contributed by atoms with van der Waals surface area (Å²) in [5.41, 5.74) is 1.81. The summed E-state index contributed by atoms with van der Waals surface area (Å²) in [5.74, 6) is 0.784. The minimum atomic E-state index is -0.413. The van der Waals surface area contributed by atoms with Gasteiger partial charge in [-0.1, -0.05) is 32.9 Å². The van der Waals surface area contributed by atoms with Gasteiger partial charge in [0.2, 0.25) is 5.90 Å². The molecular formula is C19H20N2O3S. The first kappa shape index (κ1) is 17.4. The Hall–Kier alpha value is -2.47. The summed E-state index contributed by atoms with van der Waals surface area (Å²) in [4.78, 5) is 20.6. The van der Waals surface area contributed by atoms with Gasteiger partial charge in [-0.3, -0.25) is 0 Å². The zero-order chi connectivity index (χ0) is 18.0. The largest absolute Gasteiger partial charge is 0.487 e. The maximum absolute atomic E-state index is 11.9. The number of rotatable bonds is 4. The van der Waals surface area contributed by atoms with Gasteiger partial charge in [0.25, 0.3) is 0 Å². The molecule has 0 fully saturated rings. The van der Waals surface area contributed by atoms with E-state index >= 15 is 0 Å². The summed E-state index contributed by atoms with van der Waals surface area (Å²) in [6.07, 6.45) is 1.72. The van der Waals surface area contributed by atoms with Crippen LogP contribution >= 0.6 is 11.3 Å². The fourth-order valence-corrected chi connectivity index (χ4v) is 2.78. The second-order valence-corrected chi connectivity index (χ2v) is 7.86. The molecule has 1 aromatic carbocycles. The van der Waals surface area contributed by atoms with E-state index in [0.717, 1.165) is 22.0 Å². The molecule has 1 aliphatic heterocycles. The molecule has 0 aliphatic carbocycles. The summed E-state index contributed by atoms with van der Waals surface area (Å²) in [5, 5.41) is 3.02. The van der Waals surface area contributed by atoms with Crippen molar-refractivity contribution in [3.8, 4) is 5.75 Å². The zero-order valence-electron chi connectivity index (χ0n) is 14.7. The Morgan fingerprint density at radius 1 is 1.24 bits per heavy atom. The third-order valence-corrected chi connectivity index (χ3v) is 4.32. The molecule has 0 atom stereocenters. The normalized spacial score (nSPS) is 16.1. The minimum Gasteiger partial charge on any atom is -0.487 e. The summed E-state index contributed by atoms with van der Waals surface area (Å²) < 4.78 is 11.0. The molecule has 3 rings (SSSR count). The van der Waals surface area contributed by atoms with Crippen molar-refractivity contribution < 1.29 is 14.3 Å². The van der Waals surface area contributed by atoms with E-state index in [2.05, 4.69) is 9.98 Å². The third kappa shape index (κ3) is 4.33. The van der Waals surface area contributed by atoms with E-state index in [4.69, 9.17) is 9.47 Å². The van der Waals surface area contributed by atoms with Crippen LogP contribution in [0.2, 0.25) is 0 Å². The van der Waals surface area contributed by atoms with Crippen LogP contribution in [0.25, 0.3) is 6.08 Å². The smallest absolute Gasteiger partial charge is 0.363 e. The molecule has 25 heavy (non-hydrogen) atoms. The lowest BCUT2D eigenvalue weighted by molar-refractivity contribution is -0.130. The highest BCUT2D eigenvalue weighted by Gasteiger charge is 2.31. The summed E-state index contributed by atoms with van der Waals surface area (Å²) in [6, 6.07) is 7.49. The molecule has 0 bridgehead atoms. The number of carbonyl (C=O) groups is 1. The van der Waals surface area contributed by atoms with Gasteiger partial charge in [0.1, 0.15) is 12.4 Å². The van der Waals surface area contributed by atoms with Crippen LogP contribution in [0.4, 0.5) is 0 Å². The van der Waals surface area contributed by atoms with Crippen molar-refractivity contribution in [2.45, 2.75) is 34.3 Å². The van der Waals surface area contributed by atoms with E-state index < -0.39 is 5.97 Å². The minimum absolute atomic E-state index is 0.295. The van der Waals surface area contributed by atoms with Crippen LogP contribution in [0.5, 0.6) is 5.75 Å². The number of nitrogens with zero attached hydrogens (tertiary/aromatic N) is 2. The van der Waals surface area contributed by atoms with Crippen molar-refractivity contribution in [1.82, 2.24) is 4.98 Å². The number of thiazole rings is 1. The molecule has 1 aromatic heterocycles. The van der Waals surface area contributed by atoms with Gasteiger partial charge in [0.05, 0.1) is 10.7 Å². The molecule has 2 aromatic rings. The molecule has 0 saturated heterocycles. The lowest BCUT2D eigenvalue weighted by atomic mass is 9.97. The SMILES string of the molecule is Cc1nc(COc2ccc(/C=C3\N=C(C(C)(C)C)OC3=O)cc2)cs1. The summed E-state index contributed by atoms with van der Waals surface area (Å²) >= 11 is 1.61. The van der Waals surface area contributed by atoms with Crippen molar-refractivity contribution in [2.24, 2.45) is 10.4 Å². The first-order valence-electron chi connectivity index (χ1n) is 7.98. The number of aromatic nitrogens is 1. The lowest BCUT2D eigenvalue weighted by Gasteiger charge is -2.15. The molecule has 6 heteroatoms. The fraction of sp³-hybridized carbons (Fsp3) is 0.316. The number of carbonyl (C=O) groups excluding carboxylic acids is 1. The van der Waals surface area contributed by atoms with Crippen molar-refractivity contribution in [2.75, 3.05) is 0 Å². The number of cyclic esters (lactones) is 1. The zero-order valence-corrected chi connectivity index (χ0v) is 15.5. The van der Waals surface area contributed by atoms with Crippen molar-refractivity contribution in [1.29, 1.82) is 0 Å². The van der Waals surface area contributed by atoms with Gasteiger partial charge < -0.3 is 9.47 Å². The first-order chi connectivity index (χ1) is 11.8. The predicted molar refractivity (Wildman–Crippen MR) is 98.6 cm³/mol. The Bertz CT molecular complexity index is 842. The van der Waals surface area contributed by atoms with Crippen LogP contribution in [-0.2, 0) is 16.1 Å². The molecule has 0 unspecified atom stereocenters. The lowest BCUT2D eigenvalue weighted by Crippen LogP contribution is -2.21. The van der Waals surface area contributed by atoms with Crippen LogP contribution in [-0.4, -0.2) is 16.9 Å². The maximum atomic E-state index is 11.9. The highest BCUT2D eigenvalue weighted by Crippen LogP contribution is 2.26. The Kier molecular flexibility index (Phi) is 4.72. The highest BCUT2D eigenvalue weighted by molar-refractivity contribution is 7.09. The van der Waals surface area contributed by atoms with Crippen molar-refractivity contribution in [3.05, 3.63) is 51.6 Å². The number of hydrogen-bond donors (Lipinski definition) is 0. The topological polar surface area (TPSA) is 60.8 Å². The predicted octanol–water partition coefficient (Wildman–Crippen LogP) is 4.37. The number of hydrogen-bond acceptors (Lipinski definition) is 6. The quantitative estimate of drug-likeness (QED) is 0.603. The Morgan fingerprint density at radius 2 is 1.96 bits per heavy atom. The Morgan fingerprint density at radius 3 is 2.52 bits per heavy atom. The summed E-state index contributed by atoms with van der Waals surface area (Å²) in [7, 11) is 0. The van der Waals surface area contributed by atoms with Gasteiger partial charge in [-0.15, -0.1) is 11.3 Å². The van der Waals surface area contributed by atoms with E-state index in [1.165, 1.54) is 0 Å². The second-order valence-electron chi connectivity index (χ2n) is 6.80. The number of aryl methyl sites for hydroxylation is 1. The third-order valence-electron chi connectivity index (χ3n) is 3.50. The second kappa shape index (κ2) is 6.80. The van der Waals surface area contributed by atoms with Crippen LogP contribution in [0, 0.1) is 12.3 Å². The molecule has 0 radical (unpaired) electrons. The molecule has 0 N–H and O–H groups in total. The fourth-order valence-electron chi connectivity index (χ4n) is 2.18. The van der Waals surface area contributed by atoms with E-state index in [1.807, 2.05) is 57.3 Å². The molecule has 0 saturated carbocycles. The molecule has 0 amide bonds. The number of ether oxygens (including phenoxy) is 2. The van der Waals surface area contributed by atoms with Gasteiger partial charge in [0, 0.05) is 10.8 Å². The number of aliphatic imine (C=N–C) groups is 1. The van der Waals surface area contributed by atoms with E-state index in [9.17, 15) is 4.79 Å².